The summed E-state index contributed by atoms with van der Waals surface area (Å²) in [7, 11) is 0. The number of amides is 1. The van der Waals surface area contributed by atoms with Crippen LogP contribution in [0.15, 0.2) is 12.4 Å². The van der Waals surface area contributed by atoms with E-state index in [1.54, 1.807) is 12.4 Å². The molecule has 5 heteroatoms. The van der Waals surface area contributed by atoms with Gasteiger partial charge in [-0.25, -0.2) is 9.97 Å². The maximum atomic E-state index is 12.5. The molecule has 0 spiro atoms. The van der Waals surface area contributed by atoms with Gasteiger partial charge in [0.15, 0.2) is 0 Å². The molecule has 5 nitrogen and oxygen atoms in total. The SMILES string of the molecule is Cc1ncc(C(=O)N[C@H]2[C@@H]3CCO[C@@H]3[C@@H]2C2CCCC2)cn1. The smallest absolute Gasteiger partial charge is 0.254 e. The van der Waals surface area contributed by atoms with Gasteiger partial charge in [-0.05, 0) is 19.3 Å². The minimum atomic E-state index is -0.0432. The predicted molar refractivity (Wildman–Crippen MR) is 81.3 cm³/mol. The molecule has 118 valence electrons. The van der Waals surface area contributed by atoms with Gasteiger partial charge in [-0.2, -0.15) is 0 Å². The molecule has 4 atom stereocenters. The molecule has 1 N–H and O–H groups in total. The van der Waals surface area contributed by atoms with E-state index in [2.05, 4.69) is 15.3 Å². The van der Waals surface area contributed by atoms with Gasteiger partial charge < -0.3 is 10.1 Å². The lowest BCUT2D eigenvalue weighted by atomic mass is 9.61. The number of carbonyl (C=O) groups is 1. The molecule has 1 saturated heterocycles. The van der Waals surface area contributed by atoms with Crippen LogP contribution in [0.4, 0.5) is 0 Å². The van der Waals surface area contributed by atoms with Crippen LogP contribution in [0.2, 0.25) is 0 Å². The summed E-state index contributed by atoms with van der Waals surface area (Å²) in [5, 5.41) is 3.25. The van der Waals surface area contributed by atoms with Crippen molar-refractivity contribution in [1.29, 1.82) is 0 Å². The molecule has 1 aromatic heterocycles. The molecule has 1 amide bonds. The standard InChI is InChI=1S/C17H23N3O2/c1-10-18-8-12(9-19-10)17(21)20-15-13-6-7-22-16(13)14(15)11-4-2-3-5-11/h8-9,11,13-16H,2-7H2,1H3,(H,20,21)/t13-,14+,15-,16-/m0/s1. The van der Waals surface area contributed by atoms with Crippen molar-refractivity contribution >= 4 is 5.91 Å². The number of aromatic nitrogens is 2. The predicted octanol–water partition coefficient (Wildman–Crippen LogP) is 2.11. The van der Waals surface area contributed by atoms with Crippen molar-refractivity contribution in [3.05, 3.63) is 23.8 Å². The summed E-state index contributed by atoms with van der Waals surface area (Å²) in [5.41, 5.74) is 0.554. The number of hydrogen-bond acceptors (Lipinski definition) is 4. The van der Waals surface area contributed by atoms with E-state index in [1.165, 1.54) is 25.7 Å². The Kier molecular flexibility index (Phi) is 3.60. The highest BCUT2D eigenvalue weighted by molar-refractivity contribution is 5.93. The van der Waals surface area contributed by atoms with Crippen LogP contribution in [0.3, 0.4) is 0 Å². The molecule has 2 aliphatic carbocycles. The molecule has 1 aliphatic heterocycles. The van der Waals surface area contributed by atoms with Gasteiger partial charge in [-0.15, -0.1) is 0 Å². The van der Waals surface area contributed by atoms with Crippen LogP contribution in [-0.2, 0) is 4.74 Å². The summed E-state index contributed by atoms with van der Waals surface area (Å²) in [5.74, 6) is 2.37. The topological polar surface area (TPSA) is 64.1 Å². The highest BCUT2D eigenvalue weighted by Gasteiger charge is 2.57. The average molecular weight is 301 g/mol. The van der Waals surface area contributed by atoms with E-state index in [9.17, 15) is 4.79 Å². The molecule has 22 heavy (non-hydrogen) atoms. The van der Waals surface area contributed by atoms with Crippen molar-refractivity contribution in [3.8, 4) is 0 Å². The van der Waals surface area contributed by atoms with Crippen LogP contribution in [0.5, 0.6) is 0 Å². The molecule has 1 aromatic rings. The molecule has 3 aliphatic rings. The number of nitrogens with zero attached hydrogens (tertiary/aromatic N) is 2. The highest BCUT2D eigenvalue weighted by atomic mass is 16.5. The molecule has 2 saturated carbocycles. The van der Waals surface area contributed by atoms with Gasteiger partial charge in [0.2, 0.25) is 0 Å². The molecule has 4 rings (SSSR count). The van der Waals surface area contributed by atoms with Gasteiger partial charge in [0.05, 0.1) is 11.7 Å². The highest BCUT2D eigenvalue weighted by Crippen LogP contribution is 2.51. The summed E-state index contributed by atoms with van der Waals surface area (Å²) < 4.78 is 5.93. The molecular formula is C17H23N3O2. The third kappa shape index (κ3) is 2.32. The summed E-state index contributed by atoms with van der Waals surface area (Å²) in [6.45, 7) is 2.67. The van der Waals surface area contributed by atoms with Crippen molar-refractivity contribution in [1.82, 2.24) is 15.3 Å². The Morgan fingerprint density at radius 3 is 2.68 bits per heavy atom. The number of aryl methyl sites for hydroxylation is 1. The first-order chi connectivity index (χ1) is 10.7. The third-order valence-corrected chi connectivity index (χ3v) is 5.72. The van der Waals surface area contributed by atoms with Crippen LogP contribution >= 0.6 is 0 Å². The van der Waals surface area contributed by atoms with Crippen molar-refractivity contribution < 1.29 is 9.53 Å². The Balaban J connectivity index is 1.48. The molecule has 2 heterocycles. The number of fused-ring (bicyclic) bond motifs is 1. The lowest BCUT2D eigenvalue weighted by Crippen LogP contribution is -2.63. The average Bonchev–Trinajstić information content (AvgIpc) is 3.16. The van der Waals surface area contributed by atoms with Crippen LogP contribution in [0.25, 0.3) is 0 Å². The van der Waals surface area contributed by atoms with Gasteiger partial charge in [-0.3, -0.25) is 4.79 Å². The van der Waals surface area contributed by atoms with E-state index in [1.807, 2.05) is 6.92 Å². The number of carbonyl (C=O) groups excluding carboxylic acids is 1. The second-order valence-electron chi connectivity index (χ2n) is 6.93. The maximum absolute atomic E-state index is 12.5. The first-order valence-corrected chi connectivity index (χ1v) is 8.45. The van der Waals surface area contributed by atoms with E-state index < -0.39 is 0 Å². The summed E-state index contributed by atoms with van der Waals surface area (Å²) in [6, 6.07) is 0.268. The Morgan fingerprint density at radius 1 is 1.23 bits per heavy atom. The second-order valence-corrected chi connectivity index (χ2v) is 6.93. The van der Waals surface area contributed by atoms with Crippen molar-refractivity contribution in [2.75, 3.05) is 6.61 Å². The molecule has 3 fully saturated rings. The van der Waals surface area contributed by atoms with E-state index >= 15 is 0 Å². The first-order valence-electron chi connectivity index (χ1n) is 8.45. The van der Waals surface area contributed by atoms with Crippen molar-refractivity contribution in [2.24, 2.45) is 17.8 Å². The van der Waals surface area contributed by atoms with Gasteiger partial charge in [0.1, 0.15) is 5.82 Å². The number of ether oxygens (including phenoxy) is 1. The maximum Gasteiger partial charge on any atom is 0.254 e. The van der Waals surface area contributed by atoms with E-state index in [-0.39, 0.29) is 11.9 Å². The lowest BCUT2D eigenvalue weighted by Gasteiger charge is -2.50. The molecule has 0 unspecified atom stereocenters. The number of hydrogen-bond donors (Lipinski definition) is 1. The summed E-state index contributed by atoms with van der Waals surface area (Å²) >= 11 is 0. The Morgan fingerprint density at radius 2 is 1.95 bits per heavy atom. The van der Waals surface area contributed by atoms with Gasteiger partial charge in [0, 0.05) is 36.9 Å². The van der Waals surface area contributed by atoms with Gasteiger partial charge in [0.25, 0.3) is 5.91 Å². The molecular weight excluding hydrogens is 278 g/mol. The van der Waals surface area contributed by atoms with Crippen LogP contribution in [0, 0.1) is 24.7 Å². The minimum Gasteiger partial charge on any atom is -0.377 e. The first kappa shape index (κ1) is 14.1. The van der Waals surface area contributed by atoms with E-state index in [0.29, 0.717) is 29.3 Å². The molecule has 0 aromatic carbocycles. The zero-order valence-electron chi connectivity index (χ0n) is 13.0. The van der Waals surface area contributed by atoms with Crippen molar-refractivity contribution in [2.45, 2.75) is 51.2 Å². The van der Waals surface area contributed by atoms with Crippen LogP contribution < -0.4 is 5.32 Å². The summed E-state index contributed by atoms with van der Waals surface area (Å²) in [6.07, 6.45) is 9.91. The van der Waals surface area contributed by atoms with E-state index in [4.69, 9.17) is 4.74 Å². The van der Waals surface area contributed by atoms with Crippen molar-refractivity contribution in [3.63, 3.8) is 0 Å². The fourth-order valence-electron chi connectivity index (χ4n) is 4.60. The summed E-state index contributed by atoms with van der Waals surface area (Å²) in [4.78, 5) is 20.7. The molecule has 0 radical (unpaired) electrons. The molecule has 0 bridgehead atoms. The lowest BCUT2D eigenvalue weighted by molar-refractivity contribution is -0.0784. The normalized spacial score (nSPS) is 34.2. The second kappa shape index (κ2) is 5.61. The zero-order valence-corrected chi connectivity index (χ0v) is 13.0. The van der Waals surface area contributed by atoms with Crippen LogP contribution in [-0.4, -0.2) is 34.6 Å². The van der Waals surface area contributed by atoms with Crippen LogP contribution in [0.1, 0.15) is 48.3 Å². The Labute approximate surface area is 130 Å². The fourth-order valence-corrected chi connectivity index (χ4v) is 4.60. The zero-order chi connectivity index (χ0) is 15.1. The third-order valence-electron chi connectivity index (χ3n) is 5.72. The largest absolute Gasteiger partial charge is 0.377 e. The van der Waals surface area contributed by atoms with Gasteiger partial charge >= 0.3 is 0 Å². The number of nitrogens with one attached hydrogen (secondary N) is 1. The van der Waals surface area contributed by atoms with Gasteiger partial charge in [-0.1, -0.05) is 25.7 Å². The monoisotopic (exact) mass is 301 g/mol. The fraction of sp³-hybridized carbons (Fsp3) is 0.706. The Bertz CT molecular complexity index is 549. The Hall–Kier alpha value is -1.49. The van der Waals surface area contributed by atoms with E-state index in [0.717, 1.165) is 18.9 Å². The number of rotatable bonds is 3. The minimum absolute atomic E-state index is 0.0432. The quantitative estimate of drug-likeness (QED) is 0.928.